The van der Waals surface area contributed by atoms with Crippen molar-refractivity contribution in [1.82, 2.24) is 25.0 Å². The Labute approximate surface area is 251 Å². The Morgan fingerprint density at radius 2 is 1.82 bits per heavy atom. The molecule has 1 unspecified atom stereocenters. The van der Waals surface area contributed by atoms with E-state index >= 15 is 0 Å². The summed E-state index contributed by atoms with van der Waals surface area (Å²) in [5, 5.41) is 20.9. The smallest absolute Gasteiger partial charge is 0.339 e. The molecule has 228 valence electrons. The van der Waals surface area contributed by atoms with E-state index in [2.05, 4.69) is 30.7 Å². The molecule has 2 atom stereocenters. The van der Waals surface area contributed by atoms with Crippen LogP contribution in [0, 0.1) is 0 Å². The Kier molecular flexibility index (Phi) is 7.01. The second-order valence-corrected chi connectivity index (χ2v) is 11.6. The van der Waals surface area contributed by atoms with Crippen LogP contribution in [0.15, 0.2) is 59.3 Å². The number of rotatable bonds is 8. The quantitative estimate of drug-likeness (QED) is 0.239. The number of benzene rings is 2. The number of aliphatic hydroxyl groups is 1. The van der Waals surface area contributed by atoms with E-state index in [0.717, 1.165) is 51.4 Å². The zero-order chi connectivity index (χ0) is 30.5. The topological polar surface area (TPSA) is 139 Å². The first-order chi connectivity index (χ1) is 21.3. The van der Waals surface area contributed by atoms with E-state index in [1.165, 1.54) is 24.4 Å². The average molecular weight is 604 g/mol. The van der Waals surface area contributed by atoms with Gasteiger partial charge in [0, 0.05) is 22.9 Å². The number of carbonyl (C=O) groups is 1. The van der Waals surface area contributed by atoms with Crippen LogP contribution in [0.5, 0.6) is 0 Å². The summed E-state index contributed by atoms with van der Waals surface area (Å²) < 4.78 is 40.4. The number of fused-ring (bicyclic) bond motifs is 4. The molecule has 44 heavy (non-hydrogen) atoms. The summed E-state index contributed by atoms with van der Waals surface area (Å²) >= 11 is 0. The van der Waals surface area contributed by atoms with Crippen LogP contribution in [-0.4, -0.2) is 68.4 Å². The second-order valence-electron chi connectivity index (χ2n) is 11.6. The van der Waals surface area contributed by atoms with E-state index in [0.29, 0.717) is 17.2 Å². The minimum absolute atomic E-state index is 0.0914. The number of aliphatic hydroxyl groups excluding tert-OH is 1. The number of cyclic esters (lactones) is 1. The third kappa shape index (κ3) is 4.95. The molecular formula is C31H31F2N7O4. The number of ether oxygens (including phenoxy) is 1. The van der Waals surface area contributed by atoms with Gasteiger partial charge in [-0.2, -0.15) is 18.7 Å². The lowest BCUT2D eigenvalue weighted by Gasteiger charge is -2.46. The van der Waals surface area contributed by atoms with E-state index in [1.807, 2.05) is 30.3 Å². The number of alkyl halides is 2. The van der Waals surface area contributed by atoms with Gasteiger partial charge in [-0.3, -0.25) is 0 Å². The van der Waals surface area contributed by atoms with E-state index in [1.54, 1.807) is 0 Å². The molecule has 0 aliphatic carbocycles. The zero-order valence-corrected chi connectivity index (χ0v) is 24.0. The number of anilines is 3. The molecule has 4 aliphatic heterocycles. The van der Waals surface area contributed by atoms with Crippen LogP contribution in [0.3, 0.4) is 0 Å². The van der Waals surface area contributed by atoms with Crippen molar-refractivity contribution in [2.45, 2.75) is 49.7 Å². The van der Waals surface area contributed by atoms with Crippen molar-refractivity contribution in [3.05, 3.63) is 77.2 Å². The number of hydrogen-bond acceptors (Lipinski definition) is 11. The average Bonchev–Trinajstić information content (AvgIpc) is 3.55. The Morgan fingerprint density at radius 3 is 2.55 bits per heavy atom. The maximum absolute atomic E-state index is 14.9. The summed E-state index contributed by atoms with van der Waals surface area (Å²) in [5.74, 6) is -2.87. The summed E-state index contributed by atoms with van der Waals surface area (Å²) in [6.45, 7) is 3.93. The van der Waals surface area contributed by atoms with Crippen LogP contribution in [0.4, 0.5) is 26.2 Å². The predicted molar refractivity (Wildman–Crippen MR) is 156 cm³/mol. The maximum atomic E-state index is 14.9. The Bertz CT molecular complexity index is 1680. The molecule has 4 aliphatic rings. The summed E-state index contributed by atoms with van der Waals surface area (Å²) in [5.41, 5.74) is 0.766. The molecule has 13 heteroatoms. The van der Waals surface area contributed by atoms with Crippen LogP contribution >= 0.6 is 0 Å². The summed E-state index contributed by atoms with van der Waals surface area (Å²) in [6, 6.07) is 12.8. The van der Waals surface area contributed by atoms with Crippen LogP contribution in [0.2, 0.25) is 0 Å². The molecule has 3 saturated heterocycles. The molecule has 3 fully saturated rings. The van der Waals surface area contributed by atoms with Gasteiger partial charge in [0.2, 0.25) is 5.95 Å². The van der Waals surface area contributed by atoms with Crippen LogP contribution in [0.1, 0.15) is 59.5 Å². The van der Waals surface area contributed by atoms with E-state index < -0.39 is 29.6 Å². The Hall–Kier alpha value is -4.49. The number of hydrogen-bond donors (Lipinski definition) is 3. The van der Waals surface area contributed by atoms with Crippen molar-refractivity contribution in [2.24, 2.45) is 0 Å². The molecule has 0 saturated carbocycles. The fraction of sp³-hybridized carbons (Fsp3) is 0.387. The second kappa shape index (κ2) is 10.9. The molecular weight excluding hydrogens is 572 g/mol. The van der Waals surface area contributed by atoms with Gasteiger partial charge in [0.05, 0.1) is 18.2 Å². The van der Waals surface area contributed by atoms with Gasteiger partial charge in [0.1, 0.15) is 11.4 Å². The normalized spacial score (nSPS) is 24.3. The molecule has 0 spiro atoms. The Balaban J connectivity index is 1.24. The molecule has 0 radical (unpaired) electrons. The van der Waals surface area contributed by atoms with Gasteiger partial charge >= 0.3 is 11.9 Å². The summed E-state index contributed by atoms with van der Waals surface area (Å²) in [7, 11) is 0. The summed E-state index contributed by atoms with van der Waals surface area (Å²) in [4.78, 5) is 28.5. The molecule has 11 nitrogen and oxygen atoms in total. The molecule has 2 aromatic carbocycles. The highest BCUT2D eigenvalue weighted by Gasteiger charge is 2.48. The third-order valence-corrected chi connectivity index (χ3v) is 8.98. The fourth-order valence-corrected chi connectivity index (χ4v) is 6.23. The summed E-state index contributed by atoms with van der Waals surface area (Å²) in [6.07, 6.45) is 2.81. The third-order valence-electron chi connectivity index (χ3n) is 8.98. The SMILES string of the molecule is CC1OC(=O)c2ccc(Nc3ncc(-c4nc(C56CCN(CC5)CC6)no4)c(N[C@H](CO)c4ccccc4)n3)cc2C1(F)F. The number of esters is 1. The van der Waals surface area contributed by atoms with Crippen molar-refractivity contribution in [1.29, 1.82) is 0 Å². The van der Waals surface area contributed by atoms with Gasteiger partial charge < -0.3 is 29.9 Å². The van der Waals surface area contributed by atoms with Gasteiger partial charge in [-0.05, 0) is 69.6 Å². The number of halogens is 2. The highest BCUT2D eigenvalue weighted by atomic mass is 19.3. The number of piperidine rings is 3. The monoisotopic (exact) mass is 603 g/mol. The highest BCUT2D eigenvalue weighted by molar-refractivity contribution is 5.93. The van der Waals surface area contributed by atoms with Gasteiger partial charge in [-0.25, -0.2) is 9.78 Å². The van der Waals surface area contributed by atoms with Crippen LogP contribution in [-0.2, 0) is 16.1 Å². The van der Waals surface area contributed by atoms with E-state index in [4.69, 9.17) is 14.2 Å². The lowest BCUT2D eigenvalue weighted by atomic mass is 9.71. The molecule has 0 amide bonds. The van der Waals surface area contributed by atoms with E-state index in [-0.39, 0.29) is 35.1 Å². The zero-order valence-electron chi connectivity index (χ0n) is 24.0. The maximum Gasteiger partial charge on any atom is 0.339 e. The van der Waals surface area contributed by atoms with Crippen molar-refractivity contribution >= 4 is 23.4 Å². The van der Waals surface area contributed by atoms with E-state index in [9.17, 15) is 18.7 Å². The highest BCUT2D eigenvalue weighted by Crippen LogP contribution is 2.43. The van der Waals surface area contributed by atoms with Gasteiger partial charge in [-0.1, -0.05) is 35.5 Å². The van der Waals surface area contributed by atoms with Gasteiger partial charge in [0.15, 0.2) is 11.9 Å². The fourth-order valence-electron chi connectivity index (χ4n) is 6.23. The number of aromatic nitrogens is 4. The first-order valence-electron chi connectivity index (χ1n) is 14.6. The molecule has 2 bridgehead atoms. The van der Waals surface area contributed by atoms with Crippen molar-refractivity contribution in [3.8, 4) is 11.5 Å². The minimum Gasteiger partial charge on any atom is -0.452 e. The standard InChI is InChI=1S/C31H31F2N7O4/c1-18-31(32,33)23-15-20(7-8-21(23)27(42)43-18)35-29-34-16-22(25(37-29)36-24(17-41)19-5-3-2-4-6-19)26-38-28(39-44-26)30-9-12-40(13-10-30)14-11-30/h2-8,15-16,18,24,41H,9-14,17H2,1H3,(H2,34,35,36,37)/t18?,24-/m1/s1. The Morgan fingerprint density at radius 1 is 1.07 bits per heavy atom. The lowest BCUT2D eigenvalue weighted by molar-refractivity contribution is -0.122. The van der Waals surface area contributed by atoms with Crippen LogP contribution < -0.4 is 10.6 Å². The van der Waals surface area contributed by atoms with Gasteiger partial charge in [0.25, 0.3) is 5.89 Å². The molecule has 4 aromatic rings. The first-order valence-corrected chi connectivity index (χ1v) is 14.6. The van der Waals surface area contributed by atoms with Crippen molar-refractivity contribution in [3.63, 3.8) is 0 Å². The first kappa shape index (κ1) is 28.3. The van der Waals surface area contributed by atoms with Gasteiger partial charge in [-0.15, -0.1) is 0 Å². The lowest BCUT2D eigenvalue weighted by Crippen LogP contribution is -2.51. The molecule has 8 rings (SSSR count). The van der Waals surface area contributed by atoms with Crippen LogP contribution in [0.25, 0.3) is 11.5 Å². The number of carbonyl (C=O) groups excluding carboxylic acids is 1. The number of nitrogens with one attached hydrogen (secondary N) is 2. The largest absolute Gasteiger partial charge is 0.452 e. The molecule has 2 aromatic heterocycles. The molecule has 3 N–H and O–H groups in total. The van der Waals surface area contributed by atoms with Crippen molar-refractivity contribution < 1.29 is 27.9 Å². The molecule has 6 heterocycles. The predicted octanol–water partition coefficient (Wildman–Crippen LogP) is 4.80. The minimum atomic E-state index is -3.37. The van der Waals surface area contributed by atoms with Crippen molar-refractivity contribution in [2.75, 3.05) is 36.9 Å². The number of nitrogens with zero attached hydrogens (tertiary/aromatic N) is 5.